The molecule has 0 radical (unpaired) electrons. The molecule has 1 aromatic carbocycles. The summed E-state index contributed by atoms with van der Waals surface area (Å²) in [5, 5.41) is 9.37. The minimum Gasteiger partial charge on any atom is -0.507 e. The maximum Gasteiger partial charge on any atom is 0.339 e. The number of rotatable bonds is 0. The molecule has 0 spiro atoms. The number of benzene rings is 1. The van der Waals surface area contributed by atoms with Crippen molar-refractivity contribution in [3.8, 4) is 5.75 Å². The molecule has 12 heavy (non-hydrogen) atoms. The number of phenolic OH excluding ortho intramolecular Hbond substituents is 1. The van der Waals surface area contributed by atoms with Crippen LogP contribution in [-0.2, 0) is 11.3 Å². The third kappa shape index (κ3) is 0.992. The third-order valence-electron chi connectivity index (χ3n) is 1.76. The van der Waals surface area contributed by atoms with E-state index < -0.39 is 0 Å². The first-order chi connectivity index (χ1) is 5.68. The summed E-state index contributed by atoms with van der Waals surface area (Å²) in [6.07, 6.45) is 0. The van der Waals surface area contributed by atoms with Gasteiger partial charge in [-0.3, -0.25) is 0 Å². The number of phenols is 1. The lowest BCUT2D eigenvalue weighted by molar-refractivity contribution is 0.0534. The van der Waals surface area contributed by atoms with Gasteiger partial charge < -0.3 is 9.84 Å². The number of esters is 1. The predicted molar refractivity (Wildman–Crippen MR) is 44.9 cm³/mol. The van der Waals surface area contributed by atoms with Gasteiger partial charge >= 0.3 is 5.97 Å². The normalized spacial score (nSPS) is 14.2. The van der Waals surface area contributed by atoms with Gasteiger partial charge in [-0.2, -0.15) is 0 Å². The molecule has 1 aliphatic heterocycles. The summed E-state index contributed by atoms with van der Waals surface area (Å²) in [6.45, 7) is 0.174. The van der Waals surface area contributed by atoms with Crippen LogP contribution < -0.4 is 0 Å². The monoisotopic (exact) mass is 228 g/mol. The van der Waals surface area contributed by atoms with Crippen LogP contribution in [0.2, 0.25) is 0 Å². The molecule has 0 amide bonds. The number of fused-ring (bicyclic) bond motifs is 1. The van der Waals surface area contributed by atoms with Crippen LogP contribution in [0.5, 0.6) is 5.75 Å². The van der Waals surface area contributed by atoms with Crippen molar-refractivity contribution in [2.45, 2.75) is 6.61 Å². The molecule has 0 aliphatic carbocycles. The van der Waals surface area contributed by atoms with Gasteiger partial charge in [0.25, 0.3) is 0 Å². The maximum absolute atomic E-state index is 11.0. The Kier molecular flexibility index (Phi) is 1.58. The average Bonchev–Trinajstić information content (AvgIpc) is 2.33. The van der Waals surface area contributed by atoms with Gasteiger partial charge in [0, 0.05) is 10.0 Å². The topological polar surface area (TPSA) is 46.5 Å². The molecule has 0 fully saturated rings. The summed E-state index contributed by atoms with van der Waals surface area (Å²) < 4.78 is 5.42. The molecule has 2 rings (SSSR count). The molecule has 0 aromatic heterocycles. The van der Waals surface area contributed by atoms with Crippen LogP contribution in [0.15, 0.2) is 16.6 Å². The summed E-state index contributed by atoms with van der Waals surface area (Å²) in [4.78, 5) is 11.0. The lowest BCUT2D eigenvalue weighted by Gasteiger charge is -1.98. The van der Waals surface area contributed by atoms with Crippen molar-refractivity contribution >= 4 is 21.9 Å². The van der Waals surface area contributed by atoms with Crippen LogP contribution in [0.25, 0.3) is 0 Å². The summed E-state index contributed by atoms with van der Waals surface area (Å²) >= 11 is 3.18. The number of carbonyl (C=O) groups is 1. The second-order valence-corrected chi connectivity index (χ2v) is 3.44. The summed E-state index contributed by atoms with van der Waals surface area (Å²) in [6, 6.07) is 3.19. The molecule has 4 heteroatoms. The molecular weight excluding hydrogens is 224 g/mol. The van der Waals surface area contributed by atoms with E-state index in [1.165, 1.54) is 0 Å². The summed E-state index contributed by atoms with van der Waals surface area (Å²) in [7, 11) is 0. The smallest absolute Gasteiger partial charge is 0.339 e. The number of hydrogen-bond acceptors (Lipinski definition) is 3. The minimum atomic E-state index is -0.374. The van der Waals surface area contributed by atoms with E-state index in [9.17, 15) is 9.90 Å². The van der Waals surface area contributed by atoms with E-state index in [0.717, 1.165) is 0 Å². The number of cyclic esters (lactones) is 1. The minimum absolute atomic E-state index is 0.102. The second-order valence-electron chi connectivity index (χ2n) is 2.53. The van der Waals surface area contributed by atoms with Crippen LogP contribution in [0.3, 0.4) is 0 Å². The zero-order valence-electron chi connectivity index (χ0n) is 6.00. The summed E-state index contributed by atoms with van der Waals surface area (Å²) in [5.74, 6) is -0.271. The van der Waals surface area contributed by atoms with Crippen LogP contribution >= 0.6 is 15.9 Å². The Morgan fingerprint density at radius 3 is 3.00 bits per heavy atom. The molecule has 1 N–H and O–H groups in total. The van der Waals surface area contributed by atoms with Gasteiger partial charge in [-0.25, -0.2) is 4.79 Å². The average molecular weight is 229 g/mol. The zero-order chi connectivity index (χ0) is 8.72. The quantitative estimate of drug-likeness (QED) is 0.690. The van der Waals surface area contributed by atoms with E-state index in [1.807, 2.05) is 0 Å². The molecule has 1 aliphatic rings. The Hall–Kier alpha value is -1.03. The Bertz CT molecular complexity index is 360. The molecule has 3 nitrogen and oxygen atoms in total. The van der Waals surface area contributed by atoms with Crippen molar-refractivity contribution in [3.63, 3.8) is 0 Å². The third-order valence-corrected chi connectivity index (χ3v) is 2.22. The van der Waals surface area contributed by atoms with Crippen molar-refractivity contribution in [2.75, 3.05) is 0 Å². The van der Waals surface area contributed by atoms with Crippen molar-refractivity contribution in [3.05, 3.63) is 27.7 Å². The second kappa shape index (κ2) is 2.48. The molecule has 0 saturated carbocycles. The van der Waals surface area contributed by atoms with Crippen LogP contribution in [0.1, 0.15) is 15.9 Å². The van der Waals surface area contributed by atoms with E-state index in [1.54, 1.807) is 12.1 Å². The number of carbonyl (C=O) groups excluding carboxylic acids is 1. The highest BCUT2D eigenvalue weighted by atomic mass is 79.9. The molecule has 62 valence electrons. The number of halogens is 1. The first kappa shape index (κ1) is 7.61. The van der Waals surface area contributed by atoms with E-state index in [2.05, 4.69) is 15.9 Å². The van der Waals surface area contributed by atoms with Crippen LogP contribution in [-0.4, -0.2) is 11.1 Å². The Morgan fingerprint density at radius 1 is 1.50 bits per heavy atom. The van der Waals surface area contributed by atoms with Gasteiger partial charge in [0.05, 0.1) is 5.56 Å². The van der Waals surface area contributed by atoms with E-state index in [4.69, 9.17) is 4.74 Å². The van der Waals surface area contributed by atoms with Gasteiger partial charge in [0.1, 0.15) is 12.4 Å². The van der Waals surface area contributed by atoms with Gasteiger partial charge in [-0.05, 0) is 12.1 Å². The van der Waals surface area contributed by atoms with E-state index in [0.29, 0.717) is 15.6 Å². The van der Waals surface area contributed by atoms with Gasteiger partial charge in [0.2, 0.25) is 0 Å². The highest BCUT2D eigenvalue weighted by Gasteiger charge is 2.24. The van der Waals surface area contributed by atoms with Gasteiger partial charge in [0.15, 0.2) is 0 Å². The Labute approximate surface area is 77.1 Å². The van der Waals surface area contributed by atoms with Crippen molar-refractivity contribution in [2.24, 2.45) is 0 Å². The lowest BCUT2D eigenvalue weighted by Crippen LogP contribution is -1.92. The number of aromatic hydroxyl groups is 1. The predicted octanol–water partition coefficient (Wildman–Crippen LogP) is 1.83. The molecule has 0 saturated heterocycles. The van der Waals surface area contributed by atoms with Gasteiger partial charge in [-0.1, -0.05) is 15.9 Å². The first-order valence-electron chi connectivity index (χ1n) is 3.37. The maximum atomic E-state index is 11.0. The van der Waals surface area contributed by atoms with Crippen molar-refractivity contribution in [1.29, 1.82) is 0 Å². The zero-order valence-corrected chi connectivity index (χ0v) is 7.59. The fourth-order valence-electron chi connectivity index (χ4n) is 1.17. The van der Waals surface area contributed by atoms with Crippen LogP contribution in [0, 0.1) is 0 Å². The molecule has 0 bridgehead atoms. The highest BCUT2D eigenvalue weighted by Crippen LogP contribution is 2.31. The molecule has 1 heterocycles. The fraction of sp³-hybridized carbons (Fsp3) is 0.125. The van der Waals surface area contributed by atoms with Crippen LogP contribution in [0.4, 0.5) is 0 Å². The standard InChI is InChI=1S/C8H5BrO3/c9-4-1-5-6(7(10)2-4)3-12-8(5)11/h1-2,10H,3H2. The van der Waals surface area contributed by atoms with E-state index >= 15 is 0 Å². The van der Waals surface area contributed by atoms with Crippen molar-refractivity contribution in [1.82, 2.24) is 0 Å². The molecular formula is C8H5BrO3. The summed E-state index contributed by atoms with van der Waals surface area (Å²) in [5.41, 5.74) is 1.02. The Morgan fingerprint density at radius 2 is 2.25 bits per heavy atom. The largest absolute Gasteiger partial charge is 0.507 e. The highest BCUT2D eigenvalue weighted by molar-refractivity contribution is 9.10. The lowest BCUT2D eigenvalue weighted by atomic mass is 10.1. The van der Waals surface area contributed by atoms with E-state index in [-0.39, 0.29) is 18.3 Å². The van der Waals surface area contributed by atoms with Crippen molar-refractivity contribution < 1.29 is 14.6 Å². The van der Waals surface area contributed by atoms with Gasteiger partial charge in [-0.15, -0.1) is 0 Å². The molecule has 0 unspecified atom stereocenters. The fourth-order valence-corrected chi connectivity index (χ4v) is 1.62. The molecule has 1 aromatic rings. The first-order valence-corrected chi connectivity index (χ1v) is 4.16. The number of hydrogen-bond donors (Lipinski definition) is 1. The molecule has 0 atom stereocenters. The Balaban J connectivity index is 2.68. The number of ether oxygens (including phenoxy) is 1. The SMILES string of the molecule is O=C1OCc2c(O)cc(Br)cc21.